The number of anilines is 1. The maximum absolute atomic E-state index is 11.2. The van der Waals surface area contributed by atoms with Gasteiger partial charge in [0.25, 0.3) is 0 Å². The van der Waals surface area contributed by atoms with Crippen LogP contribution in [0.4, 0.5) is 5.82 Å². The van der Waals surface area contributed by atoms with E-state index in [2.05, 4.69) is 22.0 Å². The number of hydrogen-bond acceptors (Lipinski definition) is 6. The van der Waals surface area contributed by atoms with E-state index in [0.29, 0.717) is 45.8 Å². The third-order valence-electron chi connectivity index (χ3n) is 7.65. The first-order valence-electron chi connectivity index (χ1n) is 11.9. The molecule has 182 valence electrons. The lowest BCUT2D eigenvalue weighted by Crippen LogP contribution is -2.45. The molecule has 0 unspecified atom stereocenters. The zero-order chi connectivity index (χ0) is 24.3. The molecule has 0 amide bonds. The van der Waals surface area contributed by atoms with Crippen molar-refractivity contribution in [1.82, 2.24) is 10.1 Å². The Morgan fingerprint density at radius 2 is 1.97 bits per heavy atom. The normalized spacial score (nSPS) is 25.4. The number of fused-ring (bicyclic) bond motifs is 2. The molecule has 2 bridgehead atoms. The molecular formula is C26H25Cl2N3O4. The van der Waals surface area contributed by atoms with Crippen LogP contribution in [-0.2, 0) is 11.3 Å². The number of pyridine rings is 1. The number of carbonyl (C=O) groups is 1. The zero-order valence-electron chi connectivity index (χ0n) is 19.2. The van der Waals surface area contributed by atoms with E-state index in [1.807, 2.05) is 18.2 Å². The van der Waals surface area contributed by atoms with Crippen LogP contribution >= 0.6 is 23.2 Å². The average molecular weight is 514 g/mol. The second kappa shape index (κ2) is 8.80. The molecule has 9 heteroatoms. The van der Waals surface area contributed by atoms with Gasteiger partial charge in [-0.3, -0.25) is 0 Å². The first-order valence-corrected chi connectivity index (χ1v) is 12.7. The Kier molecular flexibility index (Phi) is 5.74. The molecule has 0 radical (unpaired) electrons. The predicted octanol–water partition coefficient (Wildman–Crippen LogP) is 6.19. The summed E-state index contributed by atoms with van der Waals surface area (Å²) in [5.74, 6) is 1.48. The number of aromatic carboxylic acids is 1. The molecule has 3 heterocycles. The lowest BCUT2D eigenvalue weighted by molar-refractivity contribution is 0.00359. The first-order chi connectivity index (χ1) is 16.9. The number of aromatic nitrogens is 2. The monoisotopic (exact) mass is 513 g/mol. The Morgan fingerprint density at radius 3 is 2.60 bits per heavy atom. The molecule has 3 aliphatic rings. The highest BCUT2D eigenvalue weighted by molar-refractivity contribution is 6.39. The lowest BCUT2D eigenvalue weighted by Gasteiger charge is -2.38. The largest absolute Gasteiger partial charge is 0.478 e. The van der Waals surface area contributed by atoms with E-state index in [9.17, 15) is 4.79 Å². The van der Waals surface area contributed by atoms with Gasteiger partial charge in [0.1, 0.15) is 17.3 Å². The van der Waals surface area contributed by atoms with Crippen molar-refractivity contribution in [1.29, 1.82) is 0 Å². The van der Waals surface area contributed by atoms with Crippen LogP contribution in [0.1, 0.15) is 60.2 Å². The summed E-state index contributed by atoms with van der Waals surface area (Å²) in [6.45, 7) is 2.59. The standard InChI is InChI=1S/C26H25Cl2N3O4/c1-13-17-9-16(31(13)22-8-7-15(11-29-22)26(32)33)10-21(17)34-12-18-24(30-35-25(18)14-5-6-14)23-19(27)3-2-4-20(23)28/h2-4,7-8,11,13-14,16-17,21H,5-6,9-10,12H2,1H3,(H,32,33)/t13-,16+,17+,21-/m1/s1. The van der Waals surface area contributed by atoms with E-state index in [0.717, 1.165) is 42.8 Å². The van der Waals surface area contributed by atoms with Crippen LogP contribution in [0.25, 0.3) is 11.3 Å². The van der Waals surface area contributed by atoms with Crippen molar-refractivity contribution in [3.63, 3.8) is 0 Å². The number of nitrogens with zero attached hydrogens (tertiary/aromatic N) is 3. The number of carboxylic acids is 1. The van der Waals surface area contributed by atoms with Crippen molar-refractivity contribution < 1.29 is 19.2 Å². The minimum absolute atomic E-state index is 0.112. The summed E-state index contributed by atoms with van der Waals surface area (Å²) < 4.78 is 12.3. The van der Waals surface area contributed by atoms with Crippen molar-refractivity contribution in [2.24, 2.45) is 5.92 Å². The van der Waals surface area contributed by atoms with E-state index in [-0.39, 0.29) is 17.7 Å². The fourth-order valence-electron chi connectivity index (χ4n) is 5.77. The van der Waals surface area contributed by atoms with Gasteiger partial charge in [-0.25, -0.2) is 9.78 Å². The molecule has 3 fully saturated rings. The Bertz CT molecular complexity index is 1250. The van der Waals surface area contributed by atoms with E-state index in [1.54, 1.807) is 12.1 Å². The molecule has 35 heavy (non-hydrogen) atoms. The van der Waals surface area contributed by atoms with Gasteiger partial charge >= 0.3 is 5.97 Å². The van der Waals surface area contributed by atoms with Crippen LogP contribution in [-0.4, -0.2) is 39.4 Å². The summed E-state index contributed by atoms with van der Waals surface area (Å²) in [6.07, 6.45) is 5.63. The van der Waals surface area contributed by atoms with Crippen LogP contribution in [0, 0.1) is 5.92 Å². The number of hydrogen-bond donors (Lipinski definition) is 1. The average Bonchev–Trinajstić information content (AvgIpc) is 3.34. The van der Waals surface area contributed by atoms with E-state index in [1.165, 1.54) is 6.20 Å². The highest BCUT2D eigenvalue weighted by atomic mass is 35.5. The van der Waals surface area contributed by atoms with Crippen LogP contribution in [0.3, 0.4) is 0 Å². The summed E-state index contributed by atoms with van der Waals surface area (Å²) in [7, 11) is 0. The molecule has 3 aromatic rings. The molecular weight excluding hydrogens is 489 g/mol. The first kappa shape index (κ1) is 22.8. The SMILES string of the molecule is C[C@@H]1[C@@H]2C[C@@H](C[C@H]2OCc2c(-c3c(Cl)cccc3Cl)noc2C2CC2)N1c1ccc(C(=O)O)cn1. The molecule has 1 aromatic carbocycles. The molecule has 6 rings (SSSR count). The van der Waals surface area contributed by atoms with Crippen LogP contribution in [0.2, 0.25) is 10.0 Å². The van der Waals surface area contributed by atoms with Gasteiger partial charge in [-0.15, -0.1) is 0 Å². The van der Waals surface area contributed by atoms with Gasteiger partial charge in [0.2, 0.25) is 0 Å². The van der Waals surface area contributed by atoms with E-state index in [4.69, 9.17) is 37.6 Å². The Morgan fingerprint density at radius 1 is 1.20 bits per heavy atom. The second-order valence-corrected chi connectivity index (χ2v) is 10.6. The molecule has 1 N–H and O–H groups in total. The van der Waals surface area contributed by atoms with E-state index >= 15 is 0 Å². The van der Waals surface area contributed by atoms with Crippen LogP contribution < -0.4 is 4.90 Å². The van der Waals surface area contributed by atoms with Gasteiger partial charge in [0.15, 0.2) is 0 Å². The molecule has 2 aliphatic carbocycles. The minimum atomic E-state index is -0.967. The Labute approximate surface area is 213 Å². The molecule has 7 nitrogen and oxygen atoms in total. The highest BCUT2D eigenvalue weighted by Gasteiger charge is 2.50. The van der Waals surface area contributed by atoms with Crippen LogP contribution in [0.15, 0.2) is 41.1 Å². The van der Waals surface area contributed by atoms with E-state index < -0.39 is 5.97 Å². The second-order valence-electron chi connectivity index (χ2n) is 9.74. The van der Waals surface area contributed by atoms with Crippen molar-refractivity contribution in [3.8, 4) is 11.3 Å². The Balaban J connectivity index is 1.20. The summed E-state index contributed by atoms with van der Waals surface area (Å²) in [5, 5.41) is 14.6. The minimum Gasteiger partial charge on any atom is -0.478 e. The third-order valence-corrected chi connectivity index (χ3v) is 8.28. The highest BCUT2D eigenvalue weighted by Crippen LogP contribution is 2.48. The van der Waals surface area contributed by atoms with Gasteiger partial charge in [-0.05, 0) is 56.9 Å². The number of carboxylic acid groups (broad SMARTS) is 1. The number of ether oxygens (including phenoxy) is 1. The molecule has 2 saturated carbocycles. The number of rotatable bonds is 7. The molecule has 4 atom stereocenters. The molecule has 0 spiro atoms. The smallest absolute Gasteiger partial charge is 0.337 e. The fourth-order valence-corrected chi connectivity index (χ4v) is 6.35. The fraction of sp³-hybridized carbons (Fsp3) is 0.423. The Hall–Kier alpha value is -2.61. The van der Waals surface area contributed by atoms with Gasteiger partial charge in [0, 0.05) is 41.2 Å². The summed E-state index contributed by atoms with van der Waals surface area (Å²) in [6, 6.07) is 9.40. The maximum atomic E-state index is 11.2. The van der Waals surface area contributed by atoms with Crippen molar-refractivity contribution in [2.45, 2.75) is 63.3 Å². The summed E-state index contributed by atoms with van der Waals surface area (Å²) >= 11 is 13.0. The van der Waals surface area contributed by atoms with Crippen molar-refractivity contribution >= 4 is 35.0 Å². The van der Waals surface area contributed by atoms with Gasteiger partial charge in [-0.2, -0.15) is 0 Å². The molecule has 1 aliphatic heterocycles. The predicted molar refractivity (Wildman–Crippen MR) is 132 cm³/mol. The number of benzene rings is 1. The number of halogens is 2. The lowest BCUT2D eigenvalue weighted by atomic mass is 9.97. The van der Waals surface area contributed by atoms with Crippen molar-refractivity contribution in [2.75, 3.05) is 4.90 Å². The quantitative estimate of drug-likeness (QED) is 0.402. The zero-order valence-corrected chi connectivity index (χ0v) is 20.7. The summed E-state index contributed by atoms with van der Waals surface area (Å²) in [4.78, 5) is 17.9. The summed E-state index contributed by atoms with van der Waals surface area (Å²) in [5.41, 5.74) is 2.50. The van der Waals surface area contributed by atoms with Gasteiger partial charge < -0.3 is 19.3 Å². The molecule has 1 saturated heterocycles. The molecule has 2 aromatic heterocycles. The van der Waals surface area contributed by atoms with Crippen LogP contribution in [0.5, 0.6) is 0 Å². The number of piperidine rings is 1. The van der Waals surface area contributed by atoms with Gasteiger partial charge in [-0.1, -0.05) is 34.4 Å². The maximum Gasteiger partial charge on any atom is 0.337 e. The third kappa shape index (κ3) is 3.99. The topological polar surface area (TPSA) is 88.7 Å². The van der Waals surface area contributed by atoms with Crippen molar-refractivity contribution in [3.05, 3.63) is 63.5 Å². The van der Waals surface area contributed by atoms with Gasteiger partial charge in [0.05, 0.1) is 28.3 Å².